The van der Waals surface area contributed by atoms with Crippen molar-refractivity contribution in [2.45, 2.75) is 110 Å². The number of fused-ring (bicyclic) bond motifs is 1. The van der Waals surface area contributed by atoms with Gasteiger partial charge in [-0.05, 0) is 23.9 Å². The van der Waals surface area contributed by atoms with E-state index in [1.54, 1.807) is 31.4 Å². The van der Waals surface area contributed by atoms with Gasteiger partial charge in [-0.1, -0.05) is 128 Å². The highest BCUT2D eigenvalue weighted by Crippen LogP contribution is 2.25. The Morgan fingerprint density at radius 1 is 0.232 bits per heavy atom. The van der Waals surface area contributed by atoms with E-state index in [9.17, 15) is 9.59 Å². The van der Waals surface area contributed by atoms with Crippen molar-refractivity contribution < 1.29 is 114 Å². The van der Waals surface area contributed by atoms with E-state index in [0.29, 0.717) is 274 Å². The molecule has 0 aliphatic carbocycles. The van der Waals surface area contributed by atoms with Gasteiger partial charge in [0.1, 0.15) is 6.61 Å². The number of unbranched alkanes of at least 4 members (excludes halogenated alkanes) is 15. The lowest BCUT2D eigenvalue weighted by Crippen LogP contribution is -2.16. The minimum Gasteiger partial charge on any atom is -0.462 e. The summed E-state index contributed by atoms with van der Waals surface area (Å²) in [6.45, 7) is 21.2. The van der Waals surface area contributed by atoms with Gasteiger partial charge in [-0.3, -0.25) is 0 Å². The number of carbonyl (C=O) groups is 2. The fourth-order valence-corrected chi connectivity index (χ4v) is 9.05. The van der Waals surface area contributed by atoms with E-state index in [1.807, 2.05) is 12.1 Å². The van der Waals surface area contributed by atoms with Gasteiger partial charge in [0.15, 0.2) is 0 Å². The lowest BCUT2D eigenvalue weighted by molar-refractivity contribution is -0.0314. The molecule has 0 bridgehead atoms. The second kappa shape index (κ2) is 73.6. The van der Waals surface area contributed by atoms with Crippen LogP contribution >= 0.6 is 0 Å². The standard InChI is InChI=1S/C71H126O24/c1-3-4-5-6-7-8-9-10-11-12-13-14-15-16-17-18-25-94-70(72)67-23-19-21-66-22-20-24-68(69(66)67)71(73)95-65-64-93-63-62-92-61-60-91-59-58-90-57-56-89-55-54-88-53-52-87-51-50-86-49-48-85-47-46-84-45-44-83-43-42-82-41-40-81-39-38-80-37-36-79-35-34-78-33-32-77-31-30-76-29-28-75-27-26-74-2/h19-24H,3-18,25-65H2,1-2H3. The van der Waals surface area contributed by atoms with Crippen LogP contribution in [0.1, 0.15) is 130 Å². The topological polar surface area (TPSA) is 237 Å². The van der Waals surface area contributed by atoms with Gasteiger partial charge < -0.3 is 104 Å². The number of hydrogen-bond acceptors (Lipinski definition) is 24. The van der Waals surface area contributed by atoms with Crippen LogP contribution in [0.2, 0.25) is 0 Å². The predicted molar refractivity (Wildman–Crippen MR) is 361 cm³/mol. The number of ether oxygens (including phenoxy) is 22. The molecule has 0 saturated carbocycles. The highest BCUT2D eigenvalue weighted by molar-refractivity contribution is 6.13. The van der Waals surface area contributed by atoms with Crippen LogP contribution in [0, 0.1) is 0 Å². The number of carbonyl (C=O) groups excluding carboxylic acids is 2. The highest BCUT2D eigenvalue weighted by Gasteiger charge is 2.19. The van der Waals surface area contributed by atoms with E-state index < -0.39 is 11.9 Å². The van der Waals surface area contributed by atoms with E-state index in [0.717, 1.165) is 24.6 Å². The smallest absolute Gasteiger partial charge is 0.338 e. The van der Waals surface area contributed by atoms with Gasteiger partial charge in [0.05, 0.1) is 275 Å². The molecule has 2 rings (SSSR count). The Labute approximate surface area is 569 Å². The first-order chi connectivity index (χ1) is 47.2. The molecule has 0 atom stereocenters. The van der Waals surface area contributed by atoms with E-state index in [4.69, 9.17) is 104 Å². The van der Waals surface area contributed by atoms with Crippen molar-refractivity contribution in [3.05, 3.63) is 47.5 Å². The second-order valence-corrected chi connectivity index (χ2v) is 21.9. The maximum atomic E-state index is 13.2. The Hall–Kier alpha value is -3.16. The quantitative estimate of drug-likeness (QED) is 0.0443. The van der Waals surface area contributed by atoms with Crippen molar-refractivity contribution in [1.29, 1.82) is 0 Å². The average molecular weight is 1360 g/mol. The van der Waals surface area contributed by atoms with Crippen LogP contribution in [0.3, 0.4) is 0 Å². The first-order valence-corrected chi connectivity index (χ1v) is 35.5. The zero-order valence-electron chi connectivity index (χ0n) is 58.6. The number of hydrogen-bond donors (Lipinski definition) is 0. The van der Waals surface area contributed by atoms with Crippen LogP contribution in [0.5, 0.6) is 0 Å². The summed E-state index contributed by atoms with van der Waals surface area (Å²) >= 11 is 0. The van der Waals surface area contributed by atoms with Gasteiger partial charge in [-0.25, -0.2) is 9.59 Å². The number of benzene rings is 2. The summed E-state index contributed by atoms with van der Waals surface area (Å²) in [5.74, 6) is -0.950. The van der Waals surface area contributed by atoms with Crippen LogP contribution in [-0.4, -0.2) is 290 Å². The van der Waals surface area contributed by atoms with Crippen LogP contribution in [0.15, 0.2) is 36.4 Å². The molecule has 2 aromatic rings. The third kappa shape index (κ3) is 59.4. The van der Waals surface area contributed by atoms with Gasteiger partial charge in [0.2, 0.25) is 0 Å². The molecule has 0 spiro atoms. The zero-order valence-corrected chi connectivity index (χ0v) is 58.6. The minimum absolute atomic E-state index is 0.0629. The summed E-state index contributed by atoms with van der Waals surface area (Å²) in [6.07, 6.45) is 20.6. The molecular weight excluding hydrogens is 1240 g/mol. The molecule has 0 aromatic heterocycles. The van der Waals surface area contributed by atoms with E-state index in [-0.39, 0.29) is 13.2 Å². The molecular formula is C71H126O24. The van der Waals surface area contributed by atoms with Crippen LogP contribution in [0.25, 0.3) is 10.8 Å². The largest absolute Gasteiger partial charge is 0.462 e. The van der Waals surface area contributed by atoms with Crippen LogP contribution in [-0.2, 0) is 104 Å². The molecule has 0 aliphatic heterocycles. The van der Waals surface area contributed by atoms with Crippen molar-refractivity contribution in [3.63, 3.8) is 0 Å². The van der Waals surface area contributed by atoms with Gasteiger partial charge in [-0.2, -0.15) is 0 Å². The number of methoxy groups -OCH3 is 1. The fourth-order valence-electron chi connectivity index (χ4n) is 9.05. The average Bonchev–Trinajstić information content (AvgIpc) is 0.811. The van der Waals surface area contributed by atoms with Crippen molar-refractivity contribution in [3.8, 4) is 0 Å². The lowest BCUT2D eigenvalue weighted by atomic mass is 9.99. The normalized spacial score (nSPS) is 11.6. The van der Waals surface area contributed by atoms with E-state index in [2.05, 4.69) is 6.92 Å². The molecule has 95 heavy (non-hydrogen) atoms. The number of esters is 2. The van der Waals surface area contributed by atoms with Gasteiger partial charge in [0, 0.05) is 12.5 Å². The summed E-state index contributed by atoms with van der Waals surface area (Å²) in [7, 11) is 1.64. The van der Waals surface area contributed by atoms with Crippen LogP contribution in [0.4, 0.5) is 0 Å². The Morgan fingerprint density at radius 3 is 0.642 bits per heavy atom. The minimum atomic E-state index is -0.521. The molecule has 0 unspecified atom stereocenters. The van der Waals surface area contributed by atoms with Crippen molar-refractivity contribution >= 4 is 22.7 Å². The number of rotatable bonds is 79. The fraction of sp³-hybridized carbons (Fsp3) is 0.831. The van der Waals surface area contributed by atoms with E-state index in [1.165, 1.54) is 83.5 Å². The van der Waals surface area contributed by atoms with Crippen LogP contribution < -0.4 is 0 Å². The Morgan fingerprint density at radius 2 is 0.421 bits per heavy atom. The molecule has 554 valence electrons. The summed E-state index contributed by atoms with van der Waals surface area (Å²) in [6, 6.07) is 10.7. The zero-order chi connectivity index (χ0) is 67.6. The first-order valence-electron chi connectivity index (χ1n) is 35.5. The Balaban J connectivity index is 1.22. The Bertz CT molecular complexity index is 1900. The molecule has 0 amide bonds. The Kier molecular flexibility index (Phi) is 68.1. The summed E-state index contributed by atoms with van der Waals surface area (Å²) in [4.78, 5) is 26.4. The molecule has 0 saturated heterocycles. The van der Waals surface area contributed by atoms with Gasteiger partial charge in [0.25, 0.3) is 0 Å². The molecule has 2 aromatic carbocycles. The molecule has 0 radical (unpaired) electrons. The van der Waals surface area contributed by atoms with E-state index >= 15 is 0 Å². The monoisotopic (exact) mass is 1360 g/mol. The lowest BCUT2D eigenvalue weighted by Gasteiger charge is -2.12. The molecule has 0 aliphatic rings. The third-order valence-electron chi connectivity index (χ3n) is 14.2. The summed E-state index contributed by atoms with van der Waals surface area (Å²) in [5.41, 5.74) is 0.684. The molecule has 0 fully saturated rings. The van der Waals surface area contributed by atoms with Crippen molar-refractivity contribution in [1.82, 2.24) is 0 Å². The second-order valence-electron chi connectivity index (χ2n) is 21.9. The molecule has 0 heterocycles. The summed E-state index contributed by atoms with van der Waals surface area (Å²) < 4.78 is 121. The predicted octanol–water partition coefficient (Wildman–Crippen LogP) is 9.38. The maximum absolute atomic E-state index is 13.2. The SMILES string of the molecule is CCCCCCCCCCCCCCCCCCOC(=O)c1cccc2cccc(C(=O)OCCOCCOCCOCCOCCOCCOCCOCCOCCOCCOCCOCCOCCOCCOCCOCCOCCOCCOCCOCCOC)c12. The third-order valence-corrected chi connectivity index (χ3v) is 14.2. The molecule has 24 nitrogen and oxygen atoms in total. The molecule has 24 heteroatoms. The maximum Gasteiger partial charge on any atom is 0.338 e. The molecule has 0 N–H and O–H groups in total. The first kappa shape index (κ1) is 87.9. The van der Waals surface area contributed by atoms with Crippen molar-refractivity contribution in [2.75, 3.05) is 278 Å². The van der Waals surface area contributed by atoms with Gasteiger partial charge in [-0.15, -0.1) is 0 Å². The summed E-state index contributed by atoms with van der Waals surface area (Å²) in [5, 5.41) is 1.31. The van der Waals surface area contributed by atoms with Crippen molar-refractivity contribution in [2.24, 2.45) is 0 Å². The van der Waals surface area contributed by atoms with Gasteiger partial charge >= 0.3 is 11.9 Å². The highest BCUT2D eigenvalue weighted by atomic mass is 16.6.